The third-order valence-electron chi connectivity index (χ3n) is 2.86. The number of aromatic nitrogens is 2. The van der Waals surface area contributed by atoms with Crippen molar-refractivity contribution in [3.63, 3.8) is 0 Å². The predicted octanol–water partition coefficient (Wildman–Crippen LogP) is 3.10. The third kappa shape index (κ3) is 1.85. The van der Waals surface area contributed by atoms with Crippen molar-refractivity contribution in [2.45, 2.75) is 6.18 Å². The van der Waals surface area contributed by atoms with Gasteiger partial charge in [0.25, 0.3) is 5.56 Å². The highest BCUT2D eigenvalue weighted by atomic mass is 19.4. The molecule has 0 spiro atoms. The van der Waals surface area contributed by atoms with E-state index in [0.717, 1.165) is 5.39 Å². The van der Waals surface area contributed by atoms with E-state index in [0.29, 0.717) is 10.9 Å². The topological polar surface area (TPSA) is 45.8 Å². The van der Waals surface area contributed by atoms with Crippen molar-refractivity contribution in [1.29, 1.82) is 0 Å². The minimum atomic E-state index is -4.76. The van der Waals surface area contributed by atoms with E-state index in [1.807, 2.05) is 12.1 Å². The first-order chi connectivity index (χ1) is 8.97. The monoisotopic (exact) mass is 264 g/mol. The molecule has 3 aromatic rings. The molecule has 0 radical (unpaired) electrons. The Labute approximate surface area is 104 Å². The molecule has 6 heteroatoms. The van der Waals surface area contributed by atoms with E-state index < -0.39 is 17.4 Å². The van der Waals surface area contributed by atoms with Crippen LogP contribution in [0.3, 0.4) is 0 Å². The van der Waals surface area contributed by atoms with Gasteiger partial charge in [0.1, 0.15) is 0 Å². The Kier molecular flexibility index (Phi) is 2.35. The van der Waals surface area contributed by atoms with Gasteiger partial charge in [0, 0.05) is 5.39 Å². The molecule has 0 saturated heterocycles. The second kappa shape index (κ2) is 3.81. The molecule has 3 nitrogen and oxygen atoms in total. The van der Waals surface area contributed by atoms with Crippen LogP contribution in [-0.4, -0.2) is 9.97 Å². The molecule has 2 aromatic carbocycles. The zero-order valence-corrected chi connectivity index (χ0v) is 9.45. The molecule has 3 rings (SSSR count). The fraction of sp³-hybridized carbons (Fsp3) is 0.0769. The fourth-order valence-electron chi connectivity index (χ4n) is 2.02. The van der Waals surface area contributed by atoms with Crippen LogP contribution in [0.15, 0.2) is 41.2 Å². The molecular formula is C13H7F3N2O. The summed E-state index contributed by atoms with van der Waals surface area (Å²) in [6, 6.07) is 10.2. The number of hydrogen-bond acceptors (Lipinski definition) is 2. The summed E-state index contributed by atoms with van der Waals surface area (Å²) in [5, 5.41) is 1.49. The lowest BCUT2D eigenvalue weighted by Gasteiger charge is -2.07. The molecule has 96 valence electrons. The maximum atomic E-state index is 12.6. The van der Waals surface area contributed by atoms with E-state index >= 15 is 0 Å². The van der Waals surface area contributed by atoms with Gasteiger partial charge in [-0.25, -0.2) is 4.98 Å². The van der Waals surface area contributed by atoms with Crippen LogP contribution in [0.2, 0.25) is 0 Å². The Morgan fingerprint density at radius 3 is 2.53 bits per heavy atom. The summed E-state index contributed by atoms with van der Waals surface area (Å²) in [5.41, 5.74) is -2.21. The van der Waals surface area contributed by atoms with E-state index in [9.17, 15) is 18.0 Å². The van der Waals surface area contributed by atoms with E-state index in [2.05, 4.69) is 9.97 Å². The summed E-state index contributed by atoms with van der Waals surface area (Å²) in [6.07, 6.45) is -4.76. The molecule has 0 saturated carbocycles. The molecule has 0 fully saturated rings. The summed E-state index contributed by atoms with van der Waals surface area (Å²) in [5.74, 6) is 0. The maximum absolute atomic E-state index is 12.6. The summed E-state index contributed by atoms with van der Waals surface area (Å²) in [6.45, 7) is 0. The first-order valence-corrected chi connectivity index (χ1v) is 5.46. The quantitative estimate of drug-likeness (QED) is 0.634. The number of benzene rings is 2. The van der Waals surface area contributed by atoms with Crippen LogP contribution in [0, 0.1) is 0 Å². The van der Waals surface area contributed by atoms with Crippen LogP contribution in [0.4, 0.5) is 13.2 Å². The van der Waals surface area contributed by atoms with Crippen LogP contribution in [0.1, 0.15) is 5.69 Å². The minimum absolute atomic E-state index is 0.116. The number of hydrogen-bond donors (Lipinski definition) is 1. The van der Waals surface area contributed by atoms with Gasteiger partial charge in [0.15, 0.2) is 0 Å². The number of halogens is 3. The van der Waals surface area contributed by atoms with Crippen LogP contribution >= 0.6 is 0 Å². The number of rotatable bonds is 0. The first-order valence-electron chi connectivity index (χ1n) is 5.46. The third-order valence-corrected chi connectivity index (χ3v) is 2.86. The molecule has 1 heterocycles. The molecule has 1 N–H and O–H groups in total. The lowest BCUT2D eigenvalue weighted by atomic mass is 10.1. The molecule has 0 amide bonds. The minimum Gasteiger partial charge on any atom is -0.318 e. The highest BCUT2D eigenvalue weighted by molar-refractivity contribution is 6.03. The molecular weight excluding hydrogens is 257 g/mol. The van der Waals surface area contributed by atoms with Gasteiger partial charge in [-0.15, -0.1) is 0 Å². The van der Waals surface area contributed by atoms with Gasteiger partial charge in [-0.2, -0.15) is 13.2 Å². The van der Waals surface area contributed by atoms with Gasteiger partial charge >= 0.3 is 6.18 Å². The SMILES string of the molecule is O=c1[nH]c2c(ccc3ccccc32)nc1C(F)(F)F. The number of nitrogens with zero attached hydrogens (tertiary/aromatic N) is 1. The standard InChI is InChI=1S/C13H7F3N2O/c14-13(15,16)11-12(19)18-10-8-4-2-1-3-7(8)5-6-9(10)17-11/h1-6H,(H,18,19). The van der Waals surface area contributed by atoms with Gasteiger partial charge in [-0.3, -0.25) is 4.79 Å². The lowest BCUT2D eigenvalue weighted by molar-refractivity contribution is -0.142. The molecule has 1 aromatic heterocycles. The highest BCUT2D eigenvalue weighted by Crippen LogP contribution is 2.27. The number of H-pyrrole nitrogens is 1. The van der Waals surface area contributed by atoms with Gasteiger partial charge in [0.05, 0.1) is 11.0 Å². The Bertz CT molecular complexity index is 837. The fourth-order valence-corrected chi connectivity index (χ4v) is 2.02. The van der Waals surface area contributed by atoms with Gasteiger partial charge in [-0.05, 0) is 11.5 Å². The van der Waals surface area contributed by atoms with Gasteiger partial charge in [0.2, 0.25) is 5.69 Å². The zero-order chi connectivity index (χ0) is 13.6. The molecule has 0 atom stereocenters. The number of fused-ring (bicyclic) bond motifs is 3. The summed E-state index contributed by atoms with van der Waals surface area (Å²) < 4.78 is 37.8. The Balaban J connectivity index is 2.45. The highest BCUT2D eigenvalue weighted by Gasteiger charge is 2.36. The summed E-state index contributed by atoms with van der Waals surface area (Å²) in [4.78, 5) is 17.2. The summed E-state index contributed by atoms with van der Waals surface area (Å²) in [7, 11) is 0. The second-order valence-corrected chi connectivity index (χ2v) is 4.09. The molecule has 19 heavy (non-hydrogen) atoms. The predicted molar refractivity (Wildman–Crippen MR) is 64.9 cm³/mol. The smallest absolute Gasteiger partial charge is 0.318 e. The largest absolute Gasteiger partial charge is 0.438 e. The van der Waals surface area contributed by atoms with Gasteiger partial charge in [-0.1, -0.05) is 30.3 Å². The van der Waals surface area contributed by atoms with E-state index in [4.69, 9.17) is 0 Å². The van der Waals surface area contributed by atoms with Crippen molar-refractivity contribution in [1.82, 2.24) is 9.97 Å². The Morgan fingerprint density at radius 1 is 1.05 bits per heavy atom. The normalized spacial score (nSPS) is 12.2. The van der Waals surface area contributed by atoms with Crippen molar-refractivity contribution >= 4 is 21.8 Å². The van der Waals surface area contributed by atoms with Gasteiger partial charge < -0.3 is 4.98 Å². The van der Waals surface area contributed by atoms with Crippen molar-refractivity contribution in [2.24, 2.45) is 0 Å². The number of nitrogens with one attached hydrogen (secondary N) is 1. The van der Waals surface area contributed by atoms with Crippen molar-refractivity contribution in [3.8, 4) is 0 Å². The molecule has 0 aliphatic rings. The van der Waals surface area contributed by atoms with Crippen molar-refractivity contribution < 1.29 is 13.2 Å². The zero-order valence-electron chi connectivity index (χ0n) is 9.45. The molecule has 0 aliphatic carbocycles. The molecule has 0 unspecified atom stereocenters. The van der Waals surface area contributed by atoms with Crippen LogP contribution < -0.4 is 5.56 Å². The first kappa shape index (κ1) is 11.7. The van der Waals surface area contributed by atoms with Crippen LogP contribution in [0.25, 0.3) is 21.8 Å². The number of aromatic amines is 1. The van der Waals surface area contributed by atoms with E-state index in [-0.39, 0.29) is 5.52 Å². The summed E-state index contributed by atoms with van der Waals surface area (Å²) >= 11 is 0. The molecule has 0 bridgehead atoms. The van der Waals surface area contributed by atoms with Crippen LogP contribution in [-0.2, 0) is 6.18 Å². The lowest BCUT2D eigenvalue weighted by Crippen LogP contribution is -2.23. The van der Waals surface area contributed by atoms with Crippen molar-refractivity contribution in [3.05, 3.63) is 52.4 Å². The average Bonchev–Trinajstić information content (AvgIpc) is 2.36. The van der Waals surface area contributed by atoms with Crippen LogP contribution in [0.5, 0.6) is 0 Å². The second-order valence-electron chi connectivity index (χ2n) is 4.09. The molecule has 0 aliphatic heterocycles. The van der Waals surface area contributed by atoms with E-state index in [1.54, 1.807) is 18.2 Å². The Morgan fingerprint density at radius 2 is 1.79 bits per heavy atom. The average molecular weight is 264 g/mol. The maximum Gasteiger partial charge on any atom is 0.438 e. The van der Waals surface area contributed by atoms with Crippen molar-refractivity contribution in [2.75, 3.05) is 0 Å². The Hall–Kier alpha value is -2.37. The number of alkyl halides is 3. The van der Waals surface area contributed by atoms with E-state index in [1.165, 1.54) is 6.07 Å².